The topological polar surface area (TPSA) is 46.5 Å². The highest BCUT2D eigenvalue weighted by Gasteiger charge is 2.02. The van der Waals surface area contributed by atoms with Gasteiger partial charge in [-0.25, -0.2) is 0 Å². The molecule has 0 aliphatic heterocycles. The van der Waals surface area contributed by atoms with E-state index >= 15 is 0 Å². The monoisotopic (exact) mass is 314 g/mol. The first-order valence-corrected chi connectivity index (χ1v) is 9.57. The molecule has 22 heavy (non-hydrogen) atoms. The van der Waals surface area contributed by atoms with E-state index in [0.717, 1.165) is 38.5 Å². The minimum absolute atomic E-state index is 0.0401. The first-order chi connectivity index (χ1) is 10.8. The van der Waals surface area contributed by atoms with Gasteiger partial charge in [0, 0.05) is 13.0 Å². The molecule has 0 bridgehead atoms. The fourth-order valence-corrected chi connectivity index (χ4v) is 2.58. The van der Waals surface area contributed by atoms with Crippen molar-refractivity contribution in [1.29, 1.82) is 0 Å². The summed E-state index contributed by atoms with van der Waals surface area (Å²) in [4.78, 5) is 11.5. The van der Waals surface area contributed by atoms with Gasteiger partial charge < -0.3 is 9.84 Å². The number of hydrogen-bond donors (Lipinski definition) is 1. The van der Waals surface area contributed by atoms with Crippen molar-refractivity contribution >= 4 is 5.97 Å². The van der Waals surface area contributed by atoms with E-state index in [0.29, 0.717) is 13.0 Å². The van der Waals surface area contributed by atoms with Gasteiger partial charge in [-0.15, -0.1) is 0 Å². The van der Waals surface area contributed by atoms with Crippen molar-refractivity contribution < 1.29 is 14.6 Å². The van der Waals surface area contributed by atoms with Gasteiger partial charge >= 0.3 is 5.97 Å². The molecule has 0 aromatic rings. The Hall–Kier alpha value is -0.570. The van der Waals surface area contributed by atoms with Crippen molar-refractivity contribution in [1.82, 2.24) is 0 Å². The van der Waals surface area contributed by atoms with Gasteiger partial charge in [0.25, 0.3) is 0 Å². The third-order valence-corrected chi connectivity index (χ3v) is 4.05. The summed E-state index contributed by atoms with van der Waals surface area (Å²) in [6.45, 7) is 3.06. The third kappa shape index (κ3) is 17.5. The molecule has 3 heteroatoms. The molecule has 0 aromatic heterocycles. The molecule has 0 aliphatic rings. The lowest BCUT2D eigenvalue weighted by atomic mass is 10.1. The van der Waals surface area contributed by atoms with Gasteiger partial charge in [0.1, 0.15) is 0 Å². The van der Waals surface area contributed by atoms with Crippen LogP contribution in [0.1, 0.15) is 103 Å². The van der Waals surface area contributed by atoms with Crippen LogP contribution in [0.5, 0.6) is 0 Å². The second-order valence-corrected chi connectivity index (χ2v) is 6.29. The predicted molar refractivity (Wildman–Crippen MR) is 93.0 cm³/mol. The van der Waals surface area contributed by atoms with Crippen LogP contribution in [0.25, 0.3) is 0 Å². The molecule has 1 N–H and O–H groups in total. The normalized spacial score (nSPS) is 10.8. The average Bonchev–Trinajstić information content (AvgIpc) is 2.52. The Labute approximate surface area is 137 Å². The van der Waals surface area contributed by atoms with Crippen molar-refractivity contribution in [3.05, 3.63) is 0 Å². The number of ether oxygens (including phenoxy) is 1. The maximum absolute atomic E-state index is 11.5. The minimum Gasteiger partial charge on any atom is -0.466 e. The molecule has 0 radical (unpaired) electrons. The van der Waals surface area contributed by atoms with Crippen LogP contribution in [0.4, 0.5) is 0 Å². The lowest BCUT2D eigenvalue weighted by molar-refractivity contribution is -0.143. The molecule has 0 saturated heterocycles. The highest BCUT2D eigenvalue weighted by molar-refractivity contribution is 5.69. The molecule has 0 spiro atoms. The summed E-state index contributed by atoms with van der Waals surface area (Å²) in [5, 5.41) is 8.65. The SMILES string of the molecule is CCCCCCCCCCCCC(=O)OCCCCCCO. The maximum Gasteiger partial charge on any atom is 0.305 e. The molecule has 0 saturated carbocycles. The summed E-state index contributed by atoms with van der Waals surface area (Å²) >= 11 is 0. The Morgan fingerprint density at radius 3 is 1.82 bits per heavy atom. The summed E-state index contributed by atoms with van der Waals surface area (Å²) in [7, 11) is 0. The maximum atomic E-state index is 11.5. The lowest BCUT2D eigenvalue weighted by Crippen LogP contribution is -2.05. The number of hydrogen-bond acceptors (Lipinski definition) is 3. The van der Waals surface area contributed by atoms with E-state index in [1.165, 1.54) is 51.4 Å². The molecule has 0 rings (SSSR count). The summed E-state index contributed by atoms with van der Waals surface area (Å²) in [5.41, 5.74) is 0. The van der Waals surface area contributed by atoms with E-state index in [-0.39, 0.29) is 12.6 Å². The highest BCUT2D eigenvalue weighted by atomic mass is 16.5. The smallest absolute Gasteiger partial charge is 0.305 e. The first-order valence-electron chi connectivity index (χ1n) is 9.57. The molecular formula is C19H38O3. The predicted octanol–water partition coefficient (Wildman–Crippen LogP) is 5.39. The van der Waals surface area contributed by atoms with Gasteiger partial charge in [-0.3, -0.25) is 4.79 Å². The van der Waals surface area contributed by atoms with E-state index in [9.17, 15) is 4.79 Å². The number of carbonyl (C=O) groups is 1. The number of aliphatic hydroxyl groups is 1. The first kappa shape index (κ1) is 21.4. The largest absolute Gasteiger partial charge is 0.466 e. The van der Waals surface area contributed by atoms with E-state index in [1.807, 2.05) is 0 Å². The van der Waals surface area contributed by atoms with Gasteiger partial charge in [0.2, 0.25) is 0 Å². The van der Waals surface area contributed by atoms with Gasteiger partial charge in [-0.2, -0.15) is 0 Å². The highest BCUT2D eigenvalue weighted by Crippen LogP contribution is 2.11. The number of aliphatic hydroxyl groups excluding tert-OH is 1. The fourth-order valence-electron chi connectivity index (χ4n) is 2.58. The van der Waals surface area contributed by atoms with E-state index in [2.05, 4.69) is 6.92 Å². The molecule has 0 atom stereocenters. The lowest BCUT2D eigenvalue weighted by Gasteiger charge is -2.05. The van der Waals surface area contributed by atoms with Crippen molar-refractivity contribution in [2.75, 3.05) is 13.2 Å². The number of rotatable bonds is 17. The van der Waals surface area contributed by atoms with Crippen molar-refractivity contribution in [2.24, 2.45) is 0 Å². The van der Waals surface area contributed by atoms with Crippen molar-refractivity contribution in [2.45, 2.75) is 103 Å². The van der Waals surface area contributed by atoms with Gasteiger partial charge in [-0.1, -0.05) is 71.1 Å². The minimum atomic E-state index is -0.0401. The van der Waals surface area contributed by atoms with Gasteiger partial charge in [0.05, 0.1) is 6.61 Å². The van der Waals surface area contributed by atoms with Crippen LogP contribution < -0.4 is 0 Å². The molecule has 0 unspecified atom stereocenters. The Balaban J connectivity index is 3.12. The molecule has 3 nitrogen and oxygen atoms in total. The standard InChI is InChI=1S/C19H38O3/c1-2-3-4-5-6-7-8-9-10-13-16-19(21)22-18-15-12-11-14-17-20/h20H,2-18H2,1H3. The number of unbranched alkanes of at least 4 members (excludes halogenated alkanes) is 12. The molecule has 0 fully saturated rings. The van der Waals surface area contributed by atoms with Crippen LogP contribution >= 0.6 is 0 Å². The van der Waals surface area contributed by atoms with Crippen molar-refractivity contribution in [3.63, 3.8) is 0 Å². The van der Waals surface area contributed by atoms with Gasteiger partial charge in [-0.05, 0) is 25.7 Å². The third-order valence-electron chi connectivity index (χ3n) is 4.05. The summed E-state index contributed by atoms with van der Waals surface area (Å²) in [6, 6.07) is 0. The van der Waals surface area contributed by atoms with E-state index in [1.54, 1.807) is 0 Å². The van der Waals surface area contributed by atoms with E-state index in [4.69, 9.17) is 9.84 Å². The van der Waals surface area contributed by atoms with E-state index < -0.39 is 0 Å². The Morgan fingerprint density at radius 1 is 0.727 bits per heavy atom. The Kier molecular flexibility index (Phi) is 18.0. The molecular weight excluding hydrogens is 276 g/mol. The van der Waals surface area contributed by atoms with Crippen LogP contribution in [0.15, 0.2) is 0 Å². The van der Waals surface area contributed by atoms with Crippen LogP contribution in [0.3, 0.4) is 0 Å². The fraction of sp³-hybridized carbons (Fsp3) is 0.947. The molecule has 0 aliphatic carbocycles. The quantitative estimate of drug-likeness (QED) is 0.289. The second-order valence-electron chi connectivity index (χ2n) is 6.29. The average molecular weight is 315 g/mol. The Bertz CT molecular complexity index is 229. The molecule has 132 valence electrons. The van der Waals surface area contributed by atoms with Crippen LogP contribution in [0, 0.1) is 0 Å². The van der Waals surface area contributed by atoms with Gasteiger partial charge in [0.15, 0.2) is 0 Å². The molecule has 0 aromatic carbocycles. The van der Waals surface area contributed by atoms with Crippen LogP contribution in [0.2, 0.25) is 0 Å². The Morgan fingerprint density at radius 2 is 1.23 bits per heavy atom. The van der Waals surface area contributed by atoms with Crippen LogP contribution in [-0.4, -0.2) is 24.3 Å². The van der Waals surface area contributed by atoms with Crippen molar-refractivity contribution in [3.8, 4) is 0 Å². The summed E-state index contributed by atoms with van der Waals surface area (Å²) in [6.07, 6.45) is 17.3. The second kappa shape index (κ2) is 18.5. The summed E-state index contributed by atoms with van der Waals surface area (Å²) in [5.74, 6) is -0.0401. The zero-order valence-electron chi connectivity index (χ0n) is 14.8. The number of carbonyl (C=O) groups excluding carboxylic acids is 1. The summed E-state index contributed by atoms with van der Waals surface area (Å²) < 4.78 is 5.20. The zero-order chi connectivity index (χ0) is 16.3. The van der Waals surface area contributed by atoms with Crippen LogP contribution in [-0.2, 0) is 9.53 Å². The molecule has 0 amide bonds. The molecule has 0 heterocycles. The zero-order valence-corrected chi connectivity index (χ0v) is 14.8. The number of esters is 1.